The molecular formula is C25H19Cl2NO3. The second-order valence-electron chi connectivity index (χ2n) is 8.45. The summed E-state index contributed by atoms with van der Waals surface area (Å²) in [5.41, 5.74) is 2.77. The molecule has 1 amide bonds. The summed E-state index contributed by atoms with van der Waals surface area (Å²) < 4.78 is 0. The van der Waals surface area contributed by atoms with Gasteiger partial charge >= 0.3 is 5.97 Å². The minimum absolute atomic E-state index is 0.0336. The van der Waals surface area contributed by atoms with E-state index in [1.807, 2.05) is 48.5 Å². The van der Waals surface area contributed by atoms with Crippen molar-refractivity contribution in [3.05, 3.63) is 99.0 Å². The van der Waals surface area contributed by atoms with Crippen LogP contribution >= 0.6 is 23.2 Å². The molecule has 5 rings (SSSR count). The van der Waals surface area contributed by atoms with Gasteiger partial charge < -0.3 is 10.0 Å². The molecule has 2 aliphatic rings. The van der Waals surface area contributed by atoms with Crippen LogP contribution in [0.3, 0.4) is 0 Å². The molecule has 2 atom stereocenters. The van der Waals surface area contributed by atoms with Gasteiger partial charge in [0.15, 0.2) is 0 Å². The third-order valence-corrected chi connectivity index (χ3v) is 7.37. The molecule has 0 saturated heterocycles. The molecule has 1 N–H and O–H groups in total. The zero-order valence-corrected chi connectivity index (χ0v) is 18.2. The lowest BCUT2D eigenvalue weighted by Crippen LogP contribution is -2.35. The van der Waals surface area contributed by atoms with Gasteiger partial charge in [-0.15, -0.1) is 0 Å². The summed E-state index contributed by atoms with van der Waals surface area (Å²) in [5, 5.41) is 10.2. The Morgan fingerprint density at radius 1 is 1.06 bits per heavy atom. The summed E-state index contributed by atoms with van der Waals surface area (Å²) >= 11 is 12.1. The van der Waals surface area contributed by atoms with Crippen LogP contribution in [0.15, 0.2) is 66.7 Å². The van der Waals surface area contributed by atoms with Gasteiger partial charge in [0.05, 0.1) is 22.5 Å². The van der Waals surface area contributed by atoms with Gasteiger partial charge in [-0.25, -0.2) is 4.79 Å². The number of halogens is 2. The molecular weight excluding hydrogens is 433 g/mol. The van der Waals surface area contributed by atoms with Crippen molar-refractivity contribution in [3.8, 4) is 0 Å². The highest BCUT2D eigenvalue weighted by molar-refractivity contribution is 6.33. The summed E-state index contributed by atoms with van der Waals surface area (Å²) in [6.45, 7) is 2.41. The molecule has 1 heterocycles. The molecule has 156 valence electrons. The first-order valence-electron chi connectivity index (χ1n) is 9.97. The highest BCUT2D eigenvalue weighted by Crippen LogP contribution is 2.70. The van der Waals surface area contributed by atoms with E-state index in [9.17, 15) is 14.7 Å². The molecule has 1 aliphatic carbocycles. The number of carboxylic acid groups (broad SMARTS) is 1. The molecule has 0 radical (unpaired) electrons. The topological polar surface area (TPSA) is 57.6 Å². The highest BCUT2D eigenvalue weighted by atomic mass is 35.5. The molecule has 3 aromatic carbocycles. The second-order valence-corrected chi connectivity index (χ2v) is 9.29. The first-order valence-corrected chi connectivity index (χ1v) is 10.7. The van der Waals surface area contributed by atoms with Crippen molar-refractivity contribution in [2.24, 2.45) is 0 Å². The van der Waals surface area contributed by atoms with Crippen LogP contribution in [-0.4, -0.2) is 17.0 Å². The summed E-state index contributed by atoms with van der Waals surface area (Å²) in [7, 11) is 0. The molecule has 6 heteroatoms. The van der Waals surface area contributed by atoms with Gasteiger partial charge in [0.1, 0.15) is 0 Å². The van der Waals surface area contributed by atoms with Crippen molar-refractivity contribution in [1.29, 1.82) is 0 Å². The number of carboxylic acids is 1. The van der Waals surface area contributed by atoms with Crippen LogP contribution in [0, 0.1) is 0 Å². The van der Waals surface area contributed by atoms with Gasteiger partial charge in [-0.1, -0.05) is 66.5 Å². The standard InChI is InChI=1S/C25H19Cl2NO3/c1-24(16-7-9-17(26)10-8-16)14-25(24)19-4-2-3-5-21(19)28(23(25)31)13-15-6-11-20(27)18(12-15)22(29)30/h2-12H,13-14H2,1H3,(H,29,30). The minimum Gasteiger partial charge on any atom is -0.478 e. The second kappa shape index (κ2) is 6.84. The summed E-state index contributed by atoms with van der Waals surface area (Å²) in [5.74, 6) is -1.05. The fourth-order valence-electron chi connectivity index (χ4n) is 5.06. The smallest absolute Gasteiger partial charge is 0.337 e. The van der Waals surface area contributed by atoms with E-state index in [4.69, 9.17) is 23.2 Å². The molecule has 3 aromatic rings. The van der Waals surface area contributed by atoms with Crippen LogP contribution in [0.5, 0.6) is 0 Å². The Morgan fingerprint density at radius 3 is 2.48 bits per heavy atom. The maximum absolute atomic E-state index is 13.8. The maximum Gasteiger partial charge on any atom is 0.337 e. The Hall–Kier alpha value is -2.82. The number of nitrogens with zero attached hydrogens (tertiary/aromatic N) is 1. The van der Waals surface area contributed by atoms with Crippen molar-refractivity contribution >= 4 is 40.8 Å². The average molecular weight is 452 g/mol. The average Bonchev–Trinajstić information content (AvgIpc) is 3.33. The van der Waals surface area contributed by atoms with Crippen LogP contribution in [-0.2, 0) is 22.2 Å². The van der Waals surface area contributed by atoms with Crippen LogP contribution < -0.4 is 4.90 Å². The number of hydrogen-bond acceptors (Lipinski definition) is 2. The number of hydrogen-bond donors (Lipinski definition) is 1. The van der Waals surface area contributed by atoms with Crippen molar-refractivity contribution in [2.45, 2.75) is 30.7 Å². The van der Waals surface area contributed by atoms with Crippen molar-refractivity contribution in [2.75, 3.05) is 4.90 Å². The van der Waals surface area contributed by atoms with E-state index >= 15 is 0 Å². The van der Waals surface area contributed by atoms with Gasteiger partial charge in [0.2, 0.25) is 5.91 Å². The Bertz CT molecular complexity index is 1240. The normalized spacial score (nSPS) is 23.8. The zero-order valence-electron chi connectivity index (χ0n) is 16.7. The van der Waals surface area contributed by atoms with Crippen molar-refractivity contribution < 1.29 is 14.7 Å². The Labute approximate surface area is 190 Å². The lowest BCUT2D eigenvalue weighted by atomic mass is 9.83. The molecule has 0 aromatic heterocycles. The third kappa shape index (κ3) is 2.82. The third-order valence-electron chi connectivity index (χ3n) is 6.78. The molecule has 31 heavy (non-hydrogen) atoms. The van der Waals surface area contributed by atoms with Crippen LogP contribution in [0.2, 0.25) is 10.0 Å². The van der Waals surface area contributed by atoms with E-state index in [0.717, 1.165) is 28.8 Å². The highest BCUT2D eigenvalue weighted by Gasteiger charge is 2.74. The zero-order chi connectivity index (χ0) is 22.0. The number of carbonyl (C=O) groups is 2. The fourth-order valence-corrected chi connectivity index (χ4v) is 5.38. The molecule has 1 fully saturated rings. The molecule has 1 aliphatic heterocycles. The van der Waals surface area contributed by atoms with E-state index < -0.39 is 11.4 Å². The monoisotopic (exact) mass is 451 g/mol. The van der Waals surface area contributed by atoms with Crippen LogP contribution in [0.1, 0.15) is 40.4 Å². The molecule has 4 nitrogen and oxygen atoms in total. The Morgan fingerprint density at radius 2 is 1.77 bits per heavy atom. The van der Waals surface area contributed by atoms with Crippen LogP contribution in [0.25, 0.3) is 0 Å². The molecule has 1 saturated carbocycles. The predicted molar refractivity (Wildman–Crippen MR) is 121 cm³/mol. The summed E-state index contributed by atoms with van der Waals surface area (Å²) in [4.78, 5) is 27.1. The summed E-state index contributed by atoms with van der Waals surface area (Å²) in [6.07, 6.45) is 0.717. The van der Waals surface area contributed by atoms with Gasteiger partial charge in [0.25, 0.3) is 0 Å². The minimum atomic E-state index is -1.09. The molecule has 2 unspecified atom stereocenters. The lowest BCUT2D eigenvalue weighted by molar-refractivity contribution is -0.120. The van der Waals surface area contributed by atoms with Gasteiger partial charge in [0, 0.05) is 16.1 Å². The number of para-hydroxylation sites is 1. The van der Waals surface area contributed by atoms with Gasteiger partial charge in [-0.2, -0.15) is 0 Å². The summed E-state index contributed by atoms with van der Waals surface area (Å²) in [6, 6.07) is 20.4. The number of aromatic carboxylic acids is 1. The van der Waals surface area contributed by atoms with E-state index in [2.05, 4.69) is 6.92 Å². The first kappa shape index (κ1) is 20.1. The first-order chi connectivity index (χ1) is 14.8. The van der Waals surface area contributed by atoms with E-state index in [1.54, 1.807) is 17.0 Å². The fraction of sp³-hybridized carbons (Fsp3) is 0.200. The Balaban J connectivity index is 1.55. The lowest BCUT2D eigenvalue weighted by Gasteiger charge is -2.21. The number of anilines is 1. The van der Waals surface area contributed by atoms with E-state index in [-0.39, 0.29) is 28.5 Å². The number of fused-ring (bicyclic) bond motifs is 2. The largest absolute Gasteiger partial charge is 0.478 e. The van der Waals surface area contributed by atoms with E-state index in [1.165, 1.54) is 6.07 Å². The van der Waals surface area contributed by atoms with Crippen molar-refractivity contribution in [1.82, 2.24) is 0 Å². The number of benzene rings is 3. The van der Waals surface area contributed by atoms with Crippen molar-refractivity contribution in [3.63, 3.8) is 0 Å². The maximum atomic E-state index is 13.8. The SMILES string of the molecule is CC1(c2ccc(Cl)cc2)CC12C(=O)N(Cc1ccc(Cl)c(C(=O)O)c1)c1ccccc12. The van der Waals surface area contributed by atoms with Crippen LogP contribution in [0.4, 0.5) is 5.69 Å². The number of carbonyl (C=O) groups excluding carboxylic acids is 1. The quantitative estimate of drug-likeness (QED) is 0.541. The van der Waals surface area contributed by atoms with Gasteiger partial charge in [-0.05, 0) is 53.4 Å². The molecule has 0 bridgehead atoms. The number of rotatable bonds is 4. The number of amides is 1. The Kier molecular flexibility index (Phi) is 4.44. The predicted octanol–water partition coefficient (Wildman–Crippen LogP) is 5.84. The van der Waals surface area contributed by atoms with E-state index in [0.29, 0.717) is 5.02 Å². The van der Waals surface area contributed by atoms with Gasteiger partial charge in [-0.3, -0.25) is 4.79 Å². The molecule has 1 spiro atoms.